The van der Waals surface area contributed by atoms with Crippen molar-refractivity contribution in [3.05, 3.63) is 40.3 Å². The van der Waals surface area contributed by atoms with E-state index in [9.17, 15) is 4.79 Å². The van der Waals surface area contributed by atoms with Crippen molar-refractivity contribution in [1.82, 2.24) is 4.57 Å². The fourth-order valence-corrected chi connectivity index (χ4v) is 3.97. The highest BCUT2D eigenvalue weighted by molar-refractivity contribution is 9.11. The van der Waals surface area contributed by atoms with Gasteiger partial charge >= 0.3 is 0 Å². The van der Waals surface area contributed by atoms with Gasteiger partial charge in [0.05, 0.1) is 21.5 Å². The van der Waals surface area contributed by atoms with E-state index in [1.54, 1.807) is 6.08 Å². The van der Waals surface area contributed by atoms with Gasteiger partial charge in [-0.3, -0.25) is 9.36 Å². The Kier molecular flexibility index (Phi) is 5.69. The van der Waals surface area contributed by atoms with E-state index in [2.05, 4.69) is 15.9 Å². The van der Waals surface area contributed by atoms with E-state index < -0.39 is 0 Å². The molecule has 8 heteroatoms. The Morgan fingerprint density at radius 2 is 2.23 bits per heavy atom. The molecule has 0 aliphatic heterocycles. The highest BCUT2D eigenvalue weighted by atomic mass is 79.9. The van der Waals surface area contributed by atoms with E-state index in [4.69, 9.17) is 15.3 Å². The quantitative estimate of drug-likeness (QED) is 0.783. The Bertz CT molecular complexity index is 925. The maximum absolute atomic E-state index is 12.5. The summed E-state index contributed by atoms with van der Waals surface area (Å²) in [6, 6.07) is 5.58. The van der Waals surface area contributed by atoms with Crippen molar-refractivity contribution in [3.8, 4) is 12.1 Å². The number of nitrogens with zero attached hydrogens (tertiary/aromatic N) is 3. The van der Waals surface area contributed by atoms with Crippen LogP contribution in [0.5, 0.6) is 0 Å². The summed E-state index contributed by atoms with van der Waals surface area (Å²) in [5, 5.41) is 20.0. The van der Waals surface area contributed by atoms with Gasteiger partial charge in [-0.15, -0.1) is 22.7 Å². The van der Waals surface area contributed by atoms with Gasteiger partial charge in [0.2, 0.25) is 0 Å². The smallest absolute Gasteiger partial charge is 0.269 e. The van der Waals surface area contributed by atoms with Gasteiger partial charge in [-0.05, 0) is 39.0 Å². The van der Waals surface area contributed by atoms with Crippen LogP contribution in [0.3, 0.4) is 0 Å². The molecule has 2 aromatic rings. The molecule has 0 aliphatic rings. The predicted molar refractivity (Wildman–Crippen MR) is 89.9 cm³/mol. The number of aromatic nitrogens is 1. The Hall–Kier alpha value is -1.71. The first-order valence-corrected chi connectivity index (χ1v) is 8.58. The van der Waals surface area contributed by atoms with Crippen molar-refractivity contribution in [2.24, 2.45) is 0 Å². The molecule has 0 spiro atoms. The van der Waals surface area contributed by atoms with Crippen LogP contribution in [0.25, 0.3) is 11.6 Å². The molecule has 0 radical (unpaired) electrons. The molecule has 2 aromatic heterocycles. The number of hydrogen-bond donors (Lipinski definition) is 0. The Balaban J connectivity index is 2.72. The number of rotatable bonds is 4. The van der Waals surface area contributed by atoms with Crippen LogP contribution in [0.1, 0.15) is 5.56 Å². The molecule has 5 nitrogen and oxygen atoms in total. The zero-order chi connectivity index (χ0) is 16.1. The highest BCUT2D eigenvalue weighted by Gasteiger charge is 2.09. The number of hydrogen-bond acceptors (Lipinski definition) is 6. The zero-order valence-electron chi connectivity index (χ0n) is 11.5. The number of halogens is 1. The van der Waals surface area contributed by atoms with E-state index in [-0.39, 0.29) is 11.1 Å². The Labute approximate surface area is 142 Å². The fraction of sp³-hybridized carbons (Fsp3) is 0.214. The summed E-state index contributed by atoms with van der Waals surface area (Å²) >= 11 is 6.04. The van der Waals surface area contributed by atoms with E-state index in [1.165, 1.54) is 23.0 Å². The van der Waals surface area contributed by atoms with Crippen molar-refractivity contribution < 1.29 is 4.74 Å². The first-order chi connectivity index (χ1) is 10.6. The lowest BCUT2D eigenvalue weighted by Gasteiger charge is -1.99. The molecule has 0 saturated heterocycles. The molecule has 0 saturated carbocycles. The molecule has 0 amide bonds. The van der Waals surface area contributed by atoms with Crippen molar-refractivity contribution >= 4 is 50.3 Å². The van der Waals surface area contributed by atoms with Gasteiger partial charge in [0.15, 0.2) is 5.57 Å². The number of nitriles is 2. The lowest BCUT2D eigenvalue weighted by molar-refractivity contribution is 0.186. The Morgan fingerprint density at radius 3 is 2.77 bits per heavy atom. The van der Waals surface area contributed by atoms with E-state index in [0.717, 1.165) is 20.7 Å². The topological polar surface area (TPSA) is 78.8 Å². The van der Waals surface area contributed by atoms with Crippen molar-refractivity contribution in [1.29, 1.82) is 10.5 Å². The number of thiazole rings is 1. The molecule has 0 unspecified atom stereocenters. The van der Waals surface area contributed by atoms with Crippen LogP contribution >= 0.6 is 38.6 Å². The molecular formula is C14H10BrN3O2S2. The van der Waals surface area contributed by atoms with E-state index >= 15 is 0 Å². The second-order valence-electron chi connectivity index (χ2n) is 4.15. The second-order valence-corrected chi connectivity index (χ2v) is 7.47. The van der Waals surface area contributed by atoms with Gasteiger partial charge in [-0.2, -0.15) is 10.5 Å². The molecule has 0 aromatic carbocycles. The first kappa shape index (κ1) is 16.7. The van der Waals surface area contributed by atoms with Crippen molar-refractivity contribution in [3.63, 3.8) is 0 Å². The SMILES string of the molecule is COCCn1c(=C(C#N)C#N)sc(=Cc2csc(Br)c2)c1=O. The van der Waals surface area contributed by atoms with Gasteiger partial charge in [0.25, 0.3) is 5.56 Å². The van der Waals surface area contributed by atoms with Crippen LogP contribution in [0, 0.1) is 22.7 Å². The van der Waals surface area contributed by atoms with E-state index in [0.29, 0.717) is 22.3 Å². The minimum atomic E-state index is -0.220. The summed E-state index contributed by atoms with van der Waals surface area (Å²) in [4.78, 5) is 12.5. The summed E-state index contributed by atoms with van der Waals surface area (Å²) in [7, 11) is 1.53. The summed E-state index contributed by atoms with van der Waals surface area (Å²) < 4.78 is 8.23. The lowest BCUT2D eigenvalue weighted by Crippen LogP contribution is -2.33. The standard InChI is InChI=1S/C14H10BrN3O2S2/c1-20-3-2-18-13(19)11(4-9-5-12(15)21-8-9)22-14(18)10(6-16)7-17/h4-5,8H,2-3H2,1H3. The molecule has 0 fully saturated rings. The maximum Gasteiger partial charge on any atom is 0.269 e. The van der Waals surface area contributed by atoms with E-state index in [1.807, 2.05) is 23.6 Å². The summed E-state index contributed by atoms with van der Waals surface area (Å²) in [6.45, 7) is 0.631. The third-order valence-electron chi connectivity index (χ3n) is 2.75. The molecule has 22 heavy (non-hydrogen) atoms. The zero-order valence-corrected chi connectivity index (χ0v) is 14.7. The van der Waals surface area contributed by atoms with Gasteiger partial charge in [-0.1, -0.05) is 0 Å². The van der Waals surface area contributed by atoms with Crippen LogP contribution < -0.4 is 14.8 Å². The number of ether oxygens (including phenoxy) is 1. The average Bonchev–Trinajstić information content (AvgIpc) is 3.04. The first-order valence-electron chi connectivity index (χ1n) is 6.09. The summed E-state index contributed by atoms with van der Waals surface area (Å²) in [5.41, 5.74) is 0.614. The van der Waals surface area contributed by atoms with Crippen LogP contribution in [0.4, 0.5) is 0 Å². The maximum atomic E-state index is 12.5. The third kappa shape index (κ3) is 3.54. The molecular weight excluding hydrogens is 386 g/mol. The van der Waals surface area contributed by atoms with Crippen LogP contribution in [0.2, 0.25) is 0 Å². The highest BCUT2D eigenvalue weighted by Crippen LogP contribution is 2.20. The van der Waals surface area contributed by atoms with Gasteiger partial charge in [0, 0.05) is 7.11 Å². The minimum Gasteiger partial charge on any atom is -0.383 e. The fourth-order valence-electron chi connectivity index (χ4n) is 1.76. The largest absolute Gasteiger partial charge is 0.383 e. The van der Waals surface area contributed by atoms with Gasteiger partial charge < -0.3 is 4.74 Å². The predicted octanol–water partition coefficient (Wildman–Crippen LogP) is 1.41. The normalized spacial score (nSPS) is 11.2. The molecule has 0 N–H and O–H groups in total. The van der Waals surface area contributed by atoms with Crippen LogP contribution in [0.15, 0.2) is 20.0 Å². The monoisotopic (exact) mass is 395 g/mol. The molecule has 112 valence electrons. The van der Waals surface area contributed by atoms with Crippen molar-refractivity contribution in [2.45, 2.75) is 6.54 Å². The molecule has 2 rings (SSSR count). The number of thiophene rings is 1. The van der Waals surface area contributed by atoms with Gasteiger partial charge in [0.1, 0.15) is 16.8 Å². The molecule has 0 bridgehead atoms. The Morgan fingerprint density at radius 1 is 1.50 bits per heavy atom. The number of methoxy groups -OCH3 is 1. The summed E-state index contributed by atoms with van der Waals surface area (Å²) in [6.07, 6.45) is 1.76. The lowest BCUT2D eigenvalue weighted by atomic mass is 10.3. The second kappa shape index (κ2) is 7.52. The molecule has 0 atom stereocenters. The van der Waals surface area contributed by atoms with Crippen molar-refractivity contribution in [2.75, 3.05) is 13.7 Å². The van der Waals surface area contributed by atoms with Gasteiger partial charge in [-0.25, -0.2) is 0 Å². The molecule has 0 aliphatic carbocycles. The van der Waals surface area contributed by atoms with Crippen LogP contribution in [-0.2, 0) is 11.3 Å². The van der Waals surface area contributed by atoms with Crippen LogP contribution in [-0.4, -0.2) is 18.3 Å². The average molecular weight is 396 g/mol. The molecule has 2 heterocycles. The third-order valence-corrected chi connectivity index (χ3v) is 5.40. The minimum absolute atomic E-state index is 0.0654. The summed E-state index contributed by atoms with van der Waals surface area (Å²) in [5.74, 6) is 0.